The van der Waals surface area contributed by atoms with Crippen LogP contribution in [0.5, 0.6) is 0 Å². The third-order valence-corrected chi connectivity index (χ3v) is 3.24. The summed E-state index contributed by atoms with van der Waals surface area (Å²) in [5.41, 5.74) is 3.40. The van der Waals surface area contributed by atoms with Crippen LogP contribution in [0.4, 0.5) is 0 Å². The molecule has 0 saturated heterocycles. The van der Waals surface area contributed by atoms with Gasteiger partial charge < -0.3 is 4.52 Å². The van der Waals surface area contributed by atoms with Crippen LogP contribution < -0.4 is 0 Å². The van der Waals surface area contributed by atoms with E-state index < -0.39 is 0 Å². The third-order valence-electron chi connectivity index (χ3n) is 3.24. The number of nitrogens with zero attached hydrogens (tertiary/aromatic N) is 4. The fourth-order valence-corrected chi connectivity index (χ4v) is 2.14. The molecule has 0 unspecified atom stereocenters. The molecule has 0 bridgehead atoms. The van der Waals surface area contributed by atoms with Gasteiger partial charge in [0.2, 0.25) is 5.82 Å². The summed E-state index contributed by atoms with van der Waals surface area (Å²) in [6.07, 6.45) is 3.38. The molecule has 6 heteroatoms. The molecule has 0 amide bonds. The maximum absolute atomic E-state index is 5.30. The van der Waals surface area contributed by atoms with Gasteiger partial charge in [-0.15, -0.1) is 0 Å². The Hall–Kier alpha value is -3.28. The van der Waals surface area contributed by atoms with Crippen LogP contribution in [-0.2, 0) is 0 Å². The predicted molar refractivity (Wildman–Crippen MR) is 80.5 cm³/mol. The van der Waals surface area contributed by atoms with Gasteiger partial charge in [-0.1, -0.05) is 35.5 Å². The highest BCUT2D eigenvalue weighted by atomic mass is 16.5. The van der Waals surface area contributed by atoms with E-state index in [1.54, 1.807) is 12.4 Å². The molecule has 106 valence electrons. The Morgan fingerprint density at radius 3 is 2.55 bits per heavy atom. The van der Waals surface area contributed by atoms with E-state index in [4.69, 9.17) is 4.52 Å². The van der Waals surface area contributed by atoms with Crippen LogP contribution in [0.2, 0.25) is 0 Å². The van der Waals surface area contributed by atoms with Gasteiger partial charge in [0, 0.05) is 23.5 Å². The molecule has 0 aliphatic heterocycles. The molecule has 1 aromatic carbocycles. The van der Waals surface area contributed by atoms with E-state index in [0.717, 1.165) is 16.8 Å². The molecule has 1 N–H and O–H groups in total. The minimum Gasteiger partial charge on any atom is -0.332 e. The van der Waals surface area contributed by atoms with Gasteiger partial charge >= 0.3 is 0 Å². The van der Waals surface area contributed by atoms with Crippen molar-refractivity contribution in [2.45, 2.75) is 0 Å². The minimum atomic E-state index is 0.404. The number of hydrogen-bond acceptors (Lipinski definition) is 5. The van der Waals surface area contributed by atoms with Crippen molar-refractivity contribution in [3.05, 3.63) is 60.9 Å². The number of nitrogens with one attached hydrogen (secondary N) is 1. The minimum absolute atomic E-state index is 0.404. The van der Waals surface area contributed by atoms with Crippen LogP contribution >= 0.6 is 0 Å². The highest BCUT2D eigenvalue weighted by molar-refractivity contribution is 5.65. The molecule has 3 heterocycles. The lowest BCUT2D eigenvalue weighted by atomic mass is 10.1. The Morgan fingerprint density at radius 2 is 1.73 bits per heavy atom. The predicted octanol–water partition coefficient (Wildman–Crippen LogP) is 3.19. The summed E-state index contributed by atoms with van der Waals surface area (Å²) in [4.78, 5) is 8.35. The van der Waals surface area contributed by atoms with Crippen molar-refractivity contribution in [1.82, 2.24) is 25.3 Å². The zero-order valence-electron chi connectivity index (χ0n) is 11.5. The normalized spacial score (nSPS) is 10.7. The van der Waals surface area contributed by atoms with Crippen LogP contribution in [0, 0.1) is 0 Å². The second kappa shape index (κ2) is 5.25. The lowest BCUT2D eigenvalue weighted by molar-refractivity contribution is 0.431. The molecule has 0 aliphatic carbocycles. The maximum atomic E-state index is 5.30. The SMILES string of the molecule is c1ccc(-c2cc(-c3nc(-c4ccncc4)no3)[nH]n2)cc1. The van der Waals surface area contributed by atoms with Crippen LogP contribution in [0.15, 0.2) is 65.4 Å². The summed E-state index contributed by atoms with van der Waals surface area (Å²) < 4.78 is 5.30. The van der Waals surface area contributed by atoms with Gasteiger partial charge in [0.15, 0.2) is 0 Å². The first kappa shape index (κ1) is 12.5. The quantitative estimate of drug-likeness (QED) is 0.626. The summed E-state index contributed by atoms with van der Waals surface area (Å²) in [5, 5.41) is 11.2. The lowest BCUT2D eigenvalue weighted by Crippen LogP contribution is -1.81. The van der Waals surface area contributed by atoms with Crippen molar-refractivity contribution in [3.63, 3.8) is 0 Å². The Kier molecular flexibility index (Phi) is 2.97. The second-order valence-corrected chi connectivity index (χ2v) is 4.69. The molecule has 3 aromatic heterocycles. The molecule has 0 spiro atoms. The van der Waals surface area contributed by atoms with E-state index in [0.29, 0.717) is 17.4 Å². The molecule has 0 fully saturated rings. The number of rotatable bonds is 3. The maximum Gasteiger partial charge on any atom is 0.276 e. The van der Waals surface area contributed by atoms with Crippen LogP contribution in [-0.4, -0.2) is 25.3 Å². The van der Waals surface area contributed by atoms with Crippen molar-refractivity contribution >= 4 is 0 Å². The average molecular weight is 289 g/mol. The molecule has 6 nitrogen and oxygen atoms in total. The van der Waals surface area contributed by atoms with Crippen molar-refractivity contribution < 1.29 is 4.52 Å². The molecule has 4 aromatic rings. The molecular weight excluding hydrogens is 278 g/mol. The average Bonchev–Trinajstić information content (AvgIpc) is 3.26. The Balaban J connectivity index is 1.66. The Bertz CT molecular complexity index is 807. The van der Waals surface area contributed by atoms with E-state index in [-0.39, 0.29) is 0 Å². The first-order valence-corrected chi connectivity index (χ1v) is 6.75. The van der Waals surface area contributed by atoms with Gasteiger partial charge in [-0.2, -0.15) is 10.1 Å². The highest BCUT2D eigenvalue weighted by Gasteiger charge is 2.13. The first-order chi connectivity index (χ1) is 10.9. The van der Waals surface area contributed by atoms with Gasteiger partial charge in [-0.25, -0.2) is 0 Å². The van der Waals surface area contributed by atoms with Crippen LogP contribution in [0.3, 0.4) is 0 Å². The van der Waals surface area contributed by atoms with E-state index >= 15 is 0 Å². The molecule has 0 atom stereocenters. The summed E-state index contributed by atoms with van der Waals surface area (Å²) in [5.74, 6) is 0.926. The molecular formula is C16H11N5O. The van der Waals surface area contributed by atoms with Gasteiger partial charge in [0.05, 0.1) is 5.69 Å². The Morgan fingerprint density at radius 1 is 0.909 bits per heavy atom. The van der Waals surface area contributed by atoms with Gasteiger partial charge in [-0.3, -0.25) is 10.1 Å². The number of H-pyrrole nitrogens is 1. The Labute approximate surface area is 125 Å². The van der Waals surface area contributed by atoms with E-state index in [9.17, 15) is 0 Å². The van der Waals surface area contributed by atoms with Gasteiger partial charge in [-0.05, 0) is 18.2 Å². The van der Waals surface area contributed by atoms with Crippen molar-refractivity contribution in [2.24, 2.45) is 0 Å². The second-order valence-electron chi connectivity index (χ2n) is 4.69. The van der Waals surface area contributed by atoms with E-state index in [2.05, 4.69) is 25.3 Å². The lowest BCUT2D eigenvalue weighted by Gasteiger charge is -1.92. The monoisotopic (exact) mass is 289 g/mol. The third kappa shape index (κ3) is 2.26. The summed E-state index contributed by atoms with van der Waals surface area (Å²) in [6.45, 7) is 0. The van der Waals surface area contributed by atoms with Gasteiger partial charge in [0.1, 0.15) is 5.69 Å². The molecule has 0 aliphatic rings. The number of aromatic nitrogens is 5. The molecule has 22 heavy (non-hydrogen) atoms. The van der Waals surface area contributed by atoms with E-state index in [1.807, 2.05) is 48.5 Å². The number of pyridine rings is 1. The summed E-state index contributed by atoms with van der Waals surface area (Å²) >= 11 is 0. The van der Waals surface area contributed by atoms with Crippen LogP contribution in [0.1, 0.15) is 0 Å². The number of hydrogen-bond donors (Lipinski definition) is 1. The fourth-order valence-electron chi connectivity index (χ4n) is 2.14. The van der Waals surface area contributed by atoms with Crippen molar-refractivity contribution in [2.75, 3.05) is 0 Å². The first-order valence-electron chi connectivity index (χ1n) is 6.75. The smallest absolute Gasteiger partial charge is 0.276 e. The van der Waals surface area contributed by atoms with E-state index in [1.165, 1.54) is 0 Å². The van der Waals surface area contributed by atoms with Crippen molar-refractivity contribution in [3.8, 4) is 34.2 Å². The fraction of sp³-hybridized carbons (Fsp3) is 0. The summed E-state index contributed by atoms with van der Waals surface area (Å²) in [6, 6.07) is 15.4. The summed E-state index contributed by atoms with van der Waals surface area (Å²) in [7, 11) is 0. The van der Waals surface area contributed by atoms with Crippen molar-refractivity contribution in [1.29, 1.82) is 0 Å². The molecule has 4 rings (SSSR count). The number of aromatic amines is 1. The highest BCUT2D eigenvalue weighted by Crippen LogP contribution is 2.24. The zero-order valence-corrected chi connectivity index (χ0v) is 11.5. The van der Waals surface area contributed by atoms with Crippen LogP contribution in [0.25, 0.3) is 34.2 Å². The molecule has 0 radical (unpaired) electrons. The topological polar surface area (TPSA) is 80.5 Å². The largest absolute Gasteiger partial charge is 0.332 e. The number of benzene rings is 1. The zero-order chi connectivity index (χ0) is 14.8. The van der Waals surface area contributed by atoms with Gasteiger partial charge in [0.25, 0.3) is 5.89 Å². The standard InChI is InChI=1S/C16H11N5O/c1-2-4-11(5-3-1)13-10-14(20-19-13)16-18-15(21-22-16)12-6-8-17-9-7-12/h1-10H,(H,19,20). The molecule has 0 saturated carbocycles.